The van der Waals surface area contributed by atoms with E-state index in [4.69, 9.17) is 18.9 Å². The summed E-state index contributed by atoms with van der Waals surface area (Å²) in [6.45, 7) is 1.97. The van der Waals surface area contributed by atoms with Crippen LogP contribution in [0.15, 0.2) is 54.7 Å². The minimum atomic E-state index is -0.337. The molecule has 1 aromatic heterocycles. The Hall–Kier alpha value is -3.74. The van der Waals surface area contributed by atoms with Gasteiger partial charge in [-0.25, -0.2) is 4.98 Å². The molecule has 0 aliphatic carbocycles. The first kappa shape index (κ1) is 20.0. The first-order valence-corrected chi connectivity index (χ1v) is 8.86. The maximum Gasteiger partial charge on any atom is 0.259 e. The number of para-hydroxylation sites is 1. The van der Waals surface area contributed by atoms with Crippen LogP contribution in [0.25, 0.3) is 0 Å². The van der Waals surface area contributed by atoms with Crippen molar-refractivity contribution in [1.29, 1.82) is 0 Å². The molecule has 0 saturated carbocycles. The summed E-state index contributed by atoms with van der Waals surface area (Å²) in [4.78, 5) is 16.9. The summed E-state index contributed by atoms with van der Waals surface area (Å²) in [5.74, 6) is 2.07. The number of aromatic nitrogens is 1. The highest BCUT2D eigenvalue weighted by atomic mass is 16.5. The molecule has 3 aromatic rings. The minimum absolute atomic E-state index is 0.337. The van der Waals surface area contributed by atoms with Crippen LogP contribution in [0.4, 0.5) is 5.69 Å². The highest BCUT2D eigenvalue weighted by Crippen LogP contribution is 2.33. The Labute approximate surface area is 169 Å². The second kappa shape index (κ2) is 8.97. The average molecular weight is 394 g/mol. The first-order chi connectivity index (χ1) is 14.0. The molecule has 0 unspecified atom stereocenters. The van der Waals surface area contributed by atoms with Gasteiger partial charge >= 0.3 is 0 Å². The monoisotopic (exact) mass is 394 g/mol. The summed E-state index contributed by atoms with van der Waals surface area (Å²) < 4.78 is 21.7. The van der Waals surface area contributed by atoms with Crippen molar-refractivity contribution in [3.8, 4) is 28.9 Å². The van der Waals surface area contributed by atoms with Gasteiger partial charge in [-0.3, -0.25) is 4.79 Å². The standard InChI is InChI=1S/C22H22N2O5/c1-14-8-10-17(19(12-14)27-3)29-20-11-9-15(13-23-20)24-22(25)16-6-5-7-18(26-2)21(16)28-4/h5-13H,1-4H3,(H,24,25). The fourth-order valence-electron chi connectivity index (χ4n) is 2.75. The molecule has 0 fully saturated rings. The lowest BCUT2D eigenvalue weighted by atomic mass is 10.1. The normalized spacial score (nSPS) is 10.2. The third-order valence-corrected chi connectivity index (χ3v) is 4.18. The molecule has 3 rings (SSSR count). The Morgan fingerprint density at radius 2 is 1.69 bits per heavy atom. The predicted molar refractivity (Wildman–Crippen MR) is 110 cm³/mol. The lowest BCUT2D eigenvalue weighted by Gasteiger charge is -2.13. The molecule has 0 radical (unpaired) electrons. The lowest BCUT2D eigenvalue weighted by Crippen LogP contribution is -2.13. The van der Waals surface area contributed by atoms with Gasteiger partial charge in [-0.15, -0.1) is 0 Å². The molecule has 1 N–H and O–H groups in total. The molecule has 1 amide bonds. The predicted octanol–water partition coefficient (Wildman–Crippen LogP) is 4.46. The molecule has 1 heterocycles. The number of nitrogens with one attached hydrogen (secondary N) is 1. The third kappa shape index (κ3) is 4.57. The maximum atomic E-state index is 12.6. The number of carbonyl (C=O) groups is 1. The van der Waals surface area contributed by atoms with E-state index in [-0.39, 0.29) is 5.91 Å². The number of nitrogens with zero attached hydrogens (tertiary/aromatic N) is 1. The first-order valence-electron chi connectivity index (χ1n) is 8.86. The molecular formula is C22H22N2O5. The van der Waals surface area contributed by atoms with E-state index in [1.54, 1.807) is 37.4 Å². The van der Waals surface area contributed by atoms with Gasteiger partial charge in [0.05, 0.1) is 38.8 Å². The number of aryl methyl sites for hydroxylation is 1. The molecule has 0 aliphatic heterocycles. The van der Waals surface area contributed by atoms with Gasteiger partial charge < -0.3 is 24.3 Å². The number of rotatable bonds is 7. The second-order valence-electron chi connectivity index (χ2n) is 6.14. The third-order valence-electron chi connectivity index (χ3n) is 4.18. The molecule has 150 valence electrons. The van der Waals surface area contributed by atoms with Crippen molar-refractivity contribution in [2.75, 3.05) is 26.6 Å². The van der Waals surface area contributed by atoms with Crippen molar-refractivity contribution in [2.24, 2.45) is 0 Å². The Balaban J connectivity index is 1.74. The second-order valence-corrected chi connectivity index (χ2v) is 6.14. The number of ether oxygens (including phenoxy) is 4. The minimum Gasteiger partial charge on any atom is -0.493 e. The smallest absolute Gasteiger partial charge is 0.259 e. The topological polar surface area (TPSA) is 78.9 Å². The van der Waals surface area contributed by atoms with Crippen molar-refractivity contribution >= 4 is 11.6 Å². The van der Waals surface area contributed by atoms with Gasteiger partial charge in [0.15, 0.2) is 23.0 Å². The number of amides is 1. The van der Waals surface area contributed by atoms with E-state index in [1.807, 2.05) is 25.1 Å². The Kier molecular flexibility index (Phi) is 6.19. The van der Waals surface area contributed by atoms with Gasteiger partial charge in [-0.05, 0) is 42.8 Å². The van der Waals surface area contributed by atoms with Gasteiger partial charge in [-0.2, -0.15) is 0 Å². The molecule has 7 nitrogen and oxygen atoms in total. The number of benzene rings is 2. The van der Waals surface area contributed by atoms with Crippen molar-refractivity contribution in [1.82, 2.24) is 4.98 Å². The zero-order chi connectivity index (χ0) is 20.8. The van der Waals surface area contributed by atoms with Crippen LogP contribution in [-0.4, -0.2) is 32.2 Å². The van der Waals surface area contributed by atoms with Crippen LogP contribution < -0.4 is 24.3 Å². The van der Waals surface area contributed by atoms with Gasteiger partial charge in [0, 0.05) is 6.07 Å². The molecule has 0 bridgehead atoms. The summed E-state index contributed by atoms with van der Waals surface area (Å²) in [5, 5.41) is 2.79. The maximum absolute atomic E-state index is 12.6. The highest BCUT2D eigenvalue weighted by Gasteiger charge is 2.16. The SMILES string of the molecule is COc1cc(C)ccc1Oc1ccc(NC(=O)c2cccc(OC)c2OC)cn1. The summed E-state index contributed by atoms with van der Waals surface area (Å²) in [5.41, 5.74) is 1.94. The van der Waals surface area contributed by atoms with Gasteiger partial charge in [0.25, 0.3) is 5.91 Å². The van der Waals surface area contributed by atoms with Crippen LogP contribution in [0.3, 0.4) is 0 Å². The summed E-state index contributed by atoms with van der Waals surface area (Å²) in [6, 6.07) is 14.1. The highest BCUT2D eigenvalue weighted by molar-refractivity contribution is 6.06. The molecule has 0 atom stereocenters. The van der Waals surface area contributed by atoms with E-state index in [1.165, 1.54) is 20.4 Å². The van der Waals surface area contributed by atoms with E-state index in [2.05, 4.69) is 10.3 Å². The number of hydrogen-bond donors (Lipinski definition) is 1. The van der Waals surface area contributed by atoms with Crippen LogP contribution in [0.2, 0.25) is 0 Å². The fourth-order valence-corrected chi connectivity index (χ4v) is 2.75. The summed E-state index contributed by atoms with van der Waals surface area (Å²) >= 11 is 0. The Bertz CT molecular complexity index is 1000. The largest absolute Gasteiger partial charge is 0.493 e. The lowest BCUT2D eigenvalue weighted by molar-refractivity contribution is 0.102. The van der Waals surface area contributed by atoms with Crippen LogP contribution in [-0.2, 0) is 0 Å². The van der Waals surface area contributed by atoms with E-state index >= 15 is 0 Å². The zero-order valence-corrected chi connectivity index (χ0v) is 16.7. The van der Waals surface area contributed by atoms with Crippen LogP contribution in [0.1, 0.15) is 15.9 Å². The molecule has 0 saturated heterocycles. The fraction of sp³-hybridized carbons (Fsp3) is 0.182. The quantitative estimate of drug-likeness (QED) is 0.637. The molecule has 2 aromatic carbocycles. The molecule has 0 aliphatic rings. The Morgan fingerprint density at radius 1 is 0.897 bits per heavy atom. The van der Waals surface area contributed by atoms with Crippen molar-refractivity contribution in [3.63, 3.8) is 0 Å². The van der Waals surface area contributed by atoms with Crippen molar-refractivity contribution < 1.29 is 23.7 Å². The number of anilines is 1. The zero-order valence-electron chi connectivity index (χ0n) is 16.7. The number of carbonyl (C=O) groups excluding carboxylic acids is 1. The Morgan fingerprint density at radius 3 is 2.34 bits per heavy atom. The van der Waals surface area contributed by atoms with Crippen LogP contribution in [0, 0.1) is 6.92 Å². The van der Waals surface area contributed by atoms with Gasteiger partial charge in [-0.1, -0.05) is 12.1 Å². The number of methoxy groups -OCH3 is 3. The summed E-state index contributed by atoms with van der Waals surface area (Å²) in [7, 11) is 4.59. The summed E-state index contributed by atoms with van der Waals surface area (Å²) in [6.07, 6.45) is 1.51. The van der Waals surface area contributed by atoms with Gasteiger partial charge in [0.1, 0.15) is 0 Å². The van der Waals surface area contributed by atoms with E-state index in [0.717, 1.165) is 5.56 Å². The van der Waals surface area contributed by atoms with Crippen molar-refractivity contribution in [2.45, 2.75) is 6.92 Å². The van der Waals surface area contributed by atoms with E-state index in [9.17, 15) is 4.79 Å². The molecular weight excluding hydrogens is 372 g/mol. The van der Waals surface area contributed by atoms with E-state index in [0.29, 0.717) is 40.1 Å². The van der Waals surface area contributed by atoms with Gasteiger partial charge in [0.2, 0.25) is 5.88 Å². The molecule has 0 spiro atoms. The van der Waals surface area contributed by atoms with Crippen molar-refractivity contribution in [3.05, 3.63) is 65.9 Å². The number of hydrogen-bond acceptors (Lipinski definition) is 6. The van der Waals surface area contributed by atoms with E-state index < -0.39 is 0 Å². The van der Waals surface area contributed by atoms with Crippen LogP contribution >= 0.6 is 0 Å². The molecule has 7 heteroatoms. The average Bonchev–Trinajstić information content (AvgIpc) is 2.75. The molecule has 29 heavy (non-hydrogen) atoms. The number of pyridine rings is 1. The van der Waals surface area contributed by atoms with Crippen LogP contribution in [0.5, 0.6) is 28.9 Å².